The number of unbranched alkanes of at least 4 members (excludes halogenated alkanes) is 7. The molecule has 0 saturated carbocycles. The Kier molecular flexibility index (Phi) is 12.1. The number of hydrogen-bond donors (Lipinski definition) is 2. The normalized spacial score (nSPS) is 22.4. The molecule has 0 heterocycles. The molecule has 0 aromatic rings. The zero-order valence-electron chi connectivity index (χ0n) is 16.5. The van der Waals surface area contributed by atoms with Gasteiger partial charge in [0.1, 0.15) is 0 Å². The Hall–Kier alpha value is -1.32. The molecule has 150 valence electrons. The molecule has 26 heavy (non-hydrogen) atoms. The lowest BCUT2D eigenvalue weighted by Gasteiger charge is -2.31. The summed E-state index contributed by atoms with van der Waals surface area (Å²) < 4.78 is 0. The Balaban J connectivity index is 2.32. The van der Waals surface area contributed by atoms with E-state index in [4.69, 9.17) is 5.11 Å². The first-order chi connectivity index (χ1) is 12.5. The summed E-state index contributed by atoms with van der Waals surface area (Å²) in [5.74, 6) is -0.145. The fourth-order valence-corrected chi connectivity index (χ4v) is 4.12. The molecule has 1 aliphatic carbocycles. The summed E-state index contributed by atoms with van der Waals surface area (Å²) in [7, 11) is 0. The summed E-state index contributed by atoms with van der Waals surface area (Å²) >= 11 is 0. The second kappa shape index (κ2) is 13.8. The molecule has 0 aromatic carbocycles. The molecule has 4 heteroatoms. The molecule has 0 aromatic heterocycles. The van der Waals surface area contributed by atoms with Gasteiger partial charge in [0.25, 0.3) is 0 Å². The first-order valence-corrected chi connectivity index (χ1v) is 10.6. The minimum absolute atomic E-state index is 0.270. The number of carbonyl (C=O) groups is 2. The molecule has 0 spiro atoms. The van der Waals surface area contributed by atoms with Gasteiger partial charge in [0, 0.05) is 12.8 Å². The van der Waals surface area contributed by atoms with E-state index in [0.717, 1.165) is 44.9 Å². The van der Waals surface area contributed by atoms with Crippen molar-refractivity contribution in [1.29, 1.82) is 0 Å². The van der Waals surface area contributed by atoms with Crippen molar-refractivity contribution in [1.82, 2.24) is 0 Å². The summed E-state index contributed by atoms with van der Waals surface area (Å²) in [6.45, 7) is 2.22. The minimum Gasteiger partial charge on any atom is -0.481 e. The smallest absolute Gasteiger partial charge is 0.303 e. The largest absolute Gasteiger partial charge is 0.481 e. The first-order valence-electron chi connectivity index (χ1n) is 10.6. The quantitative estimate of drug-likeness (QED) is 0.273. The van der Waals surface area contributed by atoms with Gasteiger partial charge in [-0.25, -0.2) is 0 Å². The minimum atomic E-state index is -0.710. The topological polar surface area (TPSA) is 74.6 Å². The highest BCUT2D eigenvalue weighted by molar-refractivity contribution is 5.67. The van der Waals surface area contributed by atoms with Crippen LogP contribution in [0.25, 0.3) is 0 Å². The van der Waals surface area contributed by atoms with E-state index < -0.39 is 11.9 Å². The van der Waals surface area contributed by atoms with Gasteiger partial charge in [0.05, 0.1) is 0 Å². The van der Waals surface area contributed by atoms with E-state index in [1.54, 1.807) is 0 Å². The third kappa shape index (κ3) is 10.6. The van der Waals surface area contributed by atoms with E-state index in [2.05, 4.69) is 19.1 Å². The van der Waals surface area contributed by atoms with E-state index in [1.165, 1.54) is 32.1 Å². The molecule has 3 unspecified atom stereocenters. The van der Waals surface area contributed by atoms with Crippen molar-refractivity contribution in [2.75, 3.05) is 0 Å². The molecule has 0 aliphatic heterocycles. The molecule has 1 rings (SSSR count). The highest BCUT2D eigenvalue weighted by Gasteiger charge is 2.27. The third-order valence-corrected chi connectivity index (χ3v) is 5.63. The molecule has 0 saturated heterocycles. The second-order valence-corrected chi connectivity index (χ2v) is 7.95. The van der Waals surface area contributed by atoms with Gasteiger partial charge < -0.3 is 10.2 Å². The standard InChI is InChI=1S/C22H38O4/c1-2-3-4-8-11-18-14-15-19(20(16-18)17-22(25)26)12-9-6-5-7-10-13-21(23)24/h14-15,18-20H,2-13,16-17H2,1H3,(H,23,24)(H,25,26). The van der Waals surface area contributed by atoms with Crippen molar-refractivity contribution in [3.05, 3.63) is 12.2 Å². The van der Waals surface area contributed by atoms with Crippen LogP contribution in [0.5, 0.6) is 0 Å². The van der Waals surface area contributed by atoms with Gasteiger partial charge in [-0.2, -0.15) is 0 Å². The van der Waals surface area contributed by atoms with Gasteiger partial charge in [0.2, 0.25) is 0 Å². The maximum atomic E-state index is 11.3. The molecular formula is C22H38O4. The predicted molar refractivity (Wildman–Crippen MR) is 105 cm³/mol. The van der Waals surface area contributed by atoms with Crippen LogP contribution in [0.2, 0.25) is 0 Å². The van der Waals surface area contributed by atoms with Crippen LogP contribution in [0.1, 0.15) is 96.8 Å². The van der Waals surface area contributed by atoms with Crippen LogP contribution in [-0.2, 0) is 9.59 Å². The first kappa shape index (κ1) is 22.7. The lowest BCUT2D eigenvalue weighted by atomic mass is 9.74. The third-order valence-electron chi connectivity index (χ3n) is 5.63. The number of rotatable bonds is 15. The number of allylic oxidation sites excluding steroid dienone is 2. The van der Waals surface area contributed by atoms with Crippen LogP contribution in [-0.4, -0.2) is 22.2 Å². The summed E-state index contributed by atoms with van der Waals surface area (Å²) in [4.78, 5) is 21.7. The van der Waals surface area contributed by atoms with Crippen molar-refractivity contribution in [3.63, 3.8) is 0 Å². The molecule has 0 fully saturated rings. The molecule has 0 radical (unpaired) electrons. The molecule has 2 N–H and O–H groups in total. The zero-order valence-corrected chi connectivity index (χ0v) is 16.5. The highest BCUT2D eigenvalue weighted by Crippen LogP contribution is 2.36. The number of carboxylic acids is 2. The van der Waals surface area contributed by atoms with Crippen LogP contribution in [0, 0.1) is 17.8 Å². The van der Waals surface area contributed by atoms with Gasteiger partial charge in [-0.15, -0.1) is 0 Å². The molecule has 0 bridgehead atoms. The Labute approximate surface area is 159 Å². The van der Waals surface area contributed by atoms with Gasteiger partial charge in [-0.05, 0) is 43.4 Å². The van der Waals surface area contributed by atoms with Gasteiger partial charge in [-0.1, -0.05) is 70.4 Å². The van der Waals surface area contributed by atoms with E-state index in [9.17, 15) is 14.7 Å². The summed E-state index contributed by atoms with van der Waals surface area (Å²) in [5.41, 5.74) is 0. The van der Waals surface area contributed by atoms with Crippen molar-refractivity contribution in [2.24, 2.45) is 17.8 Å². The Morgan fingerprint density at radius 3 is 2.19 bits per heavy atom. The number of aliphatic carboxylic acids is 2. The Morgan fingerprint density at radius 2 is 1.50 bits per heavy atom. The van der Waals surface area contributed by atoms with E-state index in [-0.39, 0.29) is 12.3 Å². The molecule has 1 aliphatic rings. The van der Waals surface area contributed by atoms with Gasteiger partial charge in [-0.3, -0.25) is 9.59 Å². The van der Waals surface area contributed by atoms with Crippen LogP contribution in [0.4, 0.5) is 0 Å². The fraction of sp³-hybridized carbons (Fsp3) is 0.818. The molecular weight excluding hydrogens is 328 g/mol. The fourth-order valence-electron chi connectivity index (χ4n) is 4.12. The summed E-state index contributed by atoms with van der Waals surface area (Å²) in [6, 6.07) is 0. The number of carboxylic acid groups (broad SMARTS) is 2. The Bertz CT molecular complexity index is 430. The Morgan fingerprint density at radius 1 is 0.846 bits per heavy atom. The van der Waals surface area contributed by atoms with E-state index in [0.29, 0.717) is 18.3 Å². The van der Waals surface area contributed by atoms with Crippen LogP contribution in [0.3, 0.4) is 0 Å². The van der Waals surface area contributed by atoms with Crippen molar-refractivity contribution >= 4 is 11.9 Å². The zero-order chi connectivity index (χ0) is 19.2. The predicted octanol–water partition coefficient (Wildman–Crippen LogP) is 6.06. The maximum Gasteiger partial charge on any atom is 0.303 e. The molecule has 4 nitrogen and oxygen atoms in total. The highest BCUT2D eigenvalue weighted by atomic mass is 16.4. The van der Waals surface area contributed by atoms with E-state index in [1.807, 2.05) is 0 Å². The maximum absolute atomic E-state index is 11.3. The van der Waals surface area contributed by atoms with Crippen LogP contribution >= 0.6 is 0 Å². The molecule has 0 amide bonds. The van der Waals surface area contributed by atoms with Crippen LogP contribution < -0.4 is 0 Å². The summed E-state index contributed by atoms with van der Waals surface area (Å²) in [5, 5.41) is 17.9. The van der Waals surface area contributed by atoms with Crippen molar-refractivity contribution in [2.45, 2.75) is 96.8 Å². The van der Waals surface area contributed by atoms with E-state index >= 15 is 0 Å². The van der Waals surface area contributed by atoms with Gasteiger partial charge in [0.15, 0.2) is 0 Å². The lowest BCUT2D eigenvalue weighted by molar-refractivity contribution is -0.139. The summed E-state index contributed by atoms with van der Waals surface area (Å²) in [6.07, 6.45) is 18.6. The lowest BCUT2D eigenvalue weighted by Crippen LogP contribution is -2.23. The van der Waals surface area contributed by atoms with Crippen molar-refractivity contribution < 1.29 is 19.8 Å². The van der Waals surface area contributed by atoms with Gasteiger partial charge >= 0.3 is 11.9 Å². The number of hydrogen-bond acceptors (Lipinski definition) is 2. The SMILES string of the molecule is CCCCCCC1C=CC(CCCCCCCC(=O)O)C(CC(=O)O)C1. The average Bonchev–Trinajstić information content (AvgIpc) is 2.58. The van der Waals surface area contributed by atoms with Crippen LogP contribution in [0.15, 0.2) is 12.2 Å². The molecule has 3 atom stereocenters. The monoisotopic (exact) mass is 366 g/mol. The average molecular weight is 367 g/mol. The second-order valence-electron chi connectivity index (χ2n) is 7.95. The van der Waals surface area contributed by atoms with Crippen molar-refractivity contribution in [3.8, 4) is 0 Å².